The highest BCUT2D eigenvalue weighted by Crippen LogP contribution is 2.22. The Morgan fingerprint density at radius 1 is 1.24 bits per heavy atom. The molecule has 2 rings (SSSR count). The summed E-state index contributed by atoms with van der Waals surface area (Å²) in [4.78, 5) is 22.2. The molecule has 0 heterocycles. The first kappa shape index (κ1) is 14.6. The summed E-state index contributed by atoms with van der Waals surface area (Å²) in [6.45, 7) is 3.24. The van der Waals surface area contributed by atoms with Gasteiger partial charge in [0.05, 0.1) is 10.5 Å². The number of carbonyl (C=O) groups is 1. The molecule has 0 atom stereocenters. The highest BCUT2D eigenvalue weighted by molar-refractivity contribution is 6.05. The summed E-state index contributed by atoms with van der Waals surface area (Å²) in [7, 11) is 0. The molecule has 0 spiro atoms. The van der Waals surface area contributed by atoms with Gasteiger partial charge in [-0.1, -0.05) is 12.1 Å². The van der Waals surface area contributed by atoms with Gasteiger partial charge >= 0.3 is 0 Å². The van der Waals surface area contributed by atoms with Crippen LogP contribution in [0.5, 0.6) is 0 Å². The number of hydrogen-bond donors (Lipinski definition) is 1. The zero-order chi connectivity index (χ0) is 15.6. The fourth-order valence-electron chi connectivity index (χ4n) is 1.94. The lowest BCUT2D eigenvalue weighted by molar-refractivity contribution is -0.385. The molecule has 2 aromatic rings. The number of aryl methyl sites for hydroxylation is 2. The van der Waals surface area contributed by atoms with Gasteiger partial charge in [-0.05, 0) is 37.1 Å². The van der Waals surface area contributed by atoms with Crippen LogP contribution >= 0.6 is 0 Å². The molecule has 21 heavy (non-hydrogen) atoms. The van der Waals surface area contributed by atoms with Crippen LogP contribution in [0.25, 0.3) is 0 Å². The van der Waals surface area contributed by atoms with Crippen LogP contribution in [0.1, 0.15) is 21.5 Å². The number of hydrogen-bond acceptors (Lipinski definition) is 3. The summed E-state index contributed by atoms with van der Waals surface area (Å²) < 4.78 is 14.0. The average Bonchev–Trinajstić information content (AvgIpc) is 2.41. The summed E-state index contributed by atoms with van der Waals surface area (Å²) in [6, 6.07) is 9.02. The second-order valence-electron chi connectivity index (χ2n) is 4.70. The molecule has 0 bridgehead atoms. The molecule has 5 nitrogen and oxygen atoms in total. The number of non-ortho nitro benzene ring substituents is 1. The Hall–Kier alpha value is -2.76. The van der Waals surface area contributed by atoms with E-state index in [1.54, 1.807) is 18.2 Å². The number of anilines is 1. The smallest absolute Gasteiger partial charge is 0.270 e. The van der Waals surface area contributed by atoms with Crippen LogP contribution in [0, 0.1) is 29.8 Å². The van der Waals surface area contributed by atoms with Gasteiger partial charge in [-0.2, -0.15) is 0 Å². The predicted octanol–water partition coefficient (Wildman–Crippen LogP) is 3.60. The normalized spacial score (nSPS) is 10.2. The number of nitrogens with one attached hydrogen (secondary N) is 1. The number of nitro benzene ring substituents is 1. The number of nitro groups is 1. The van der Waals surface area contributed by atoms with Crippen molar-refractivity contribution < 1.29 is 14.1 Å². The Labute approximate surface area is 120 Å². The van der Waals surface area contributed by atoms with Crippen molar-refractivity contribution in [1.82, 2.24) is 0 Å². The molecule has 108 valence electrons. The third kappa shape index (κ3) is 3.22. The lowest BCUT2D eigenvalue weighted by Gasteiger charge is -2.08. The van der Waals surface area contributed by atoms with Gasteiger partial charge < -0.3 is 5.32 Å². The van der Waals surface area contributed by atoms with Gasteiger partial charge in [0.1, 0.15) is 5.82 Å². The SMILES string of the molecule is Cc1cccc(NC(=O)c2cc([N+](=O)[O-])cc(C)c2F)c1. The van der Waals surface area contributed by atoms with E-state index in [0.717, 1.165) is 17.7 Å². The van der Waals surface area contributed by atoms with E-state index in [4.69, 9.17) is 0 Å². The van der Waals surface area contributed by atoms with Crippen LogP contribution in [0.2, 0.25) is 0 Å². The molecular weight excluding hydrogens is 275 g/mol. The maximum Gasteiger partial charge on any atom is 0.270 e. The maximum absolute atomic E-state index is 14.0. The van der Waals surface area contributed by atoms with Crippen molar-refractivity contribution in [3.8, 4) is 0 Å². The Balaban J connectivity index is 2.37. The Kier molecular flexibility index (Phi) is 3.98. The number of nitrogens with zero attached hydrogens (tertiary/aromatic N) is 1. The van der Waals surface area contributed by atoms with Gasteiger partial charge in [0, 0.05) is 17.8 Å². The third-order valence-corrected chi connectivity index (χ3v) is 2.97. The molecule has 0 aliphatic heterocycles. The van der Waals surface area contributed by atoms with Crippen molar-refractivity contribution >= 4 is 17.3 Å². The Morgan fingerprint density at radius 3 is 2.57 bits per heavy atom. The second-order valence-corrected chi connectivity index (χ2v) is 4.70. The summed E-state index contributed by atoms with van der Waals surface area (Å²) in [5.74, 6) is -1.48. The second kappa shape index (κ2) is 5.70. The van der Waals surface area contributed by atoms with Gasteiger partial charge in [-0.3, -0.25) is 14.9 Å². The van der Waals surface area contributed by atoms with E-state index >= 15 is 0 Å². The molecule has 0 saturated heterocycles. The summed E-state index contributed by atoms with van der Waals surface area (Å²) in [5, 5.41) is 13.3. The van der Waals surface area contributed by atoms with E-state index in [-0.39, 0.29) is 16.8 Å². The topological polar surface area (TPSA) is 72.2 Å². The first-order chi connectivity index (χ1) is 9.88. The molecule has 0 aromatic heterocycles. The number of benzene rings is 2. The van der Waals surface area contributed by atoms with E-state index in [1.807, 2.05) is 13.0 Å². The average molecular weight is 288 g/mol. The summed E-state index contributed by atoms with van der Waals surface area (Å²) >= 11 is 0. The first-order valence-electron chi connectivity index (χ1n) is 6.21. The van der Waals surface area contributed by atoms with Gasteiger partial charge in [0.2, 0.25) is 0 Å². The summed E-state index contributed by atoms with van der Waals surface area (Å²) in [5.41, 5.74) is 0.831. The molecule has 1 N–H and O–H groups in total. The van der Waals surface area contributed by atoms with Crippen molar-refractivity contribution in [2.45, 2.75) is 13.8 Å². The van der Waals surface area contributed by atoms with Crippen LogP contribution in [0.15, 0.2) is 36.4 Å². The van der Waals surface area contributed by atoms with Crippen LogP contribution < -0.4 is 5.32 Å². The van der Waals surface area contributed by atoms with Gasteiger partial charge in [0.15, 0.2) is 0 Å². The van der Waals surface area contributed by atoms with E-state index in [9.17, 15) is 19.3 Å². The molecule has 6 heteroatoms. The van der Waals surface area contributed by atoms with E-state index in [1.165, 1.54) is 6.92 Å². The lowest BCUT2D eigenvalue weighted by Crippen LogP contribution is -2.15. The standard InChI is InChI=1S/C15H13FN2O3/c1-9-4-3-5-11(6-9)17-15(19)13-8-12(18(20)21)7-10(2)14(13)16/h3-8H,1-2H3,(H,17,19). The minimum Gasteiger partial charge on any atom is -0.322 e. The van der Waals surface area contributed by atoms with Gasteiger partial charge in [-0.15, -0.1) is 0 Å². The Morgan fingerprint density at radius 2 is 1.95 bits per heavy atom. The summed E-state index contributed by atoms with van der Waals surface area (Å²) in [6.07, 6.45) is 0. The fraction of sp³-hybridized carbons (Fsp3) is 0.133. The van der Waals surface area contributed by atoms with Crippen molar-refractivity contribution in [2.75, 3.05) is 5.32 Å². The fourth-order valence-corrected chi connectivity index (χ4v) is 1.94. The van der Waals surface area contributed by atoms with E-state index in [0.29, 0.717) is 5.69 Å². The molecular formula is C15H13FN2O3. The van der Waals surface area contributed by atoms with Crippen molar-refractivity contribution in [3.63, 3.8) is 0 Å². The Bertz CT molecular complexity index is 729. The highest BCUT2D eigenvalue weighted by atomic mass is 19.1. The minimum absolute atomic E-state index is 0.0543. The first-order valence-corrected chi connectivity index (χ1v) is 6.21. The molecule has 0 aliphatic rings. The van der Waals surface area contributed by atoms with E-state index in [2.05, 4.69) is 5.32 Å². The zero-order valence-corrected chi connectivity index (χ0v) is 11.5. The monoisotopic (exact) mass is 288 g/mol. The predicted molar refractivity (Wildman–Crippen MR) is 76.9 cm³/mol. The quantitative estimate of drug-likeness (QED) is 0.692. The molecule has 0 aliphatic carbocycles. The van der Waals surface area contributed by atoms with Crippen molar-refractivity contribution in [2.24, 2.45) is 0 Å². The van der Waals surface area contributed by atoms with Crippen molar-refractivity contribution in [3.05, 3.63) is 69.0 Å². The molecule has 0 unspecified atom stereocenters. The van der Waals surface area contributed by atoms with Crippen molar-refractivity contribution in [1.29, 1.82) is 0 Å². The largest absolute Gasteiger partial charge is 0.322 e. The molecule has 0 saturated carbocycles. The number of amides is 1. The van der Waals surface area contributed by atoms with Gasteiger partial charge in [-0.25, -0.2) is 4.39 Å². The van der Waals surface area contributed by atoms with Crippen LogP contribution in [0.4, 0.5) is 15.8 Å². The molecule has 1 amide bonds. The lowest BCUT2D eigenvalue weighted by atomic mass is 10.1. The third-order valence-electron chi connectivity index (χ3n) is 2.97. The van der Waals surface area contributed by atoms with Crippen LogP contribution in [-0.2, 0) is 0 Å². The van der Waals surface area contributed by atoms with Gasteiger partial charge in [0.25, 0.3) is 11.6 Å². The van der Waals surface area contributed by atoms with Crippen LogP contribution in [-0.4, -0.2) is 10.8 Å². The van der Waals surface area contributed by atoms with E-state index < -0.39 is 16.6 Å². The highest BCUT2D eigenvalue weighted by Gasteiger charge is 2.19. The number of halogens is 1. The number of rotatable bonds is 3. The molecule has 0 radical (unpaired) electrons. The van der Waals surface area contributed by atoms with Crippen LogP contribution in [0.3, 0.4) is 0 Å². The number of carbonyl (C=O) groups excluding carboxylic acids is 1. The zero-order valence-electron chi connectivity index (χ0n) is 11.5. The molecule has 0 fully saturated rings. The maximum atomic E-state index is 14.0. The molecule has 2 aromatic carbocycles. The minimum atomic E-state index is -0.759.